The van der Waals surface area contributed by atoms with Crippen LogP contribution < -0.4 is 42.5 Å². The standard InChI is InChI=1S/C24H46N2O7.C22H42N2O7.C20H36N2O8.C19H36N2O8.8C2H6/c1-19(2)24(25-4)22(28)18-21(20(3)27)8-6-7-10-26-23(29)9-11-31-14-15-33-17-16-32-13-12-30-5;1-17(2)22(23-4)20(26)16-19(18(3)25)6-7-21(27)24-8-9-29-12-13-31-15-14-30-11-10-28-5;1-10(2)16(21-4)13(24)8-12(11(3)23)6-7-15(25)22-9-14-17(26)18(27)19(28)20(29-5)30-14;1-10(2)17(20-4)13(24)7-12(11(3)23)5-6-16(27)21-8-14(25)18(28)19(29)15(26)9-22;8*1-2/h19,21,24-25H,6-18H2,1-5H3,(H,26,29);17,19,22-23H,6-16H2,1-5H3,(H,24,27);10,12,14,16-21,26-28H,6-9H2,1-5H3,(H,22,25);10,12,14-15,17-20,22,25-26,28-29H,5-9H2,1-4H3,(H,21,27);8*1-2H3/t21-,24+;19-,22+;12-,14-,16+,17-,18+,19-,20-;12-,14+,15-,17+,18-,19-;;;;;;;;/m1111......../s1. The van der Waals surface area contributed by atoms with Crippen LogP contribution in [0.1, 0.15) is 284 Å². The van der Waals surface area contributed by atoms with Gasteiger partial charge in [-0.2, -0.15) is 0 Å². The lowest BCUT2D eigenvalue weighted by Gasteiger charge is -2.39. The molecule has 0 bridgehead atoms. The Morgan fingerprint density at radius 2 is 0.597 bits per heavy atom. The number of Topliss-reactive ketones (excluding diaryl/α,β-unsaturated/α-hetero) is 8. The van der Waals surface area contributed by atoms with Crippen molar-refractivity contribution in [3.8, 4) is 0 Å². The van der Waals surface area contributed by atoms with Crippen LogP contribution in [0.25, 0.3) is 0 Å². The summed E-state index contributed by atoms with van der Waals surface area (Å²) in [4.78, 5) is 145. The highest BCUT2D eigenvalue weighted by atomic mass is 16.7. The number of carbonyl (C=O) groups is 12. The van der Waals surface area contributed by atoms with Crippen LogP contribution in [0.3, 0.4) is 0 Å². The summed E-state index contributed by atoms with van der Waals surface area (Å²) in [5.74, 6) is -2.87. The van der Waals surface area contributed by atoms with Crippen molar-refractivity contribution in [3.05, 3.63) is 0 Å². The molecule has 0 aliphatic carbocycles. The topological polar surface area (TPSA) is 555 Å². The lowest BCUT2D eigenvalue weighted by Crippen LogP contribution is -2.60. The van der Waals surface area contributed by atoms with Gasteiger partial charge in [0.2, 0.25) is 23.6 Å². The molecule has 832 valence electrons. The maximum Gasteiger partial charge on any atom is 0.222 e. The molecule has 0 spiro atoms. The molecule has 0 aromatic rings. The minimum Gasteiger partial charge on any atom is -0.394 e. The van der Waals surface area contributed by atoms with Crippen molar-refractivity contribution in [2.75, 3.05) is 175 Å². The first-order valence-corrected chi connectivity index (χ1v) is 51.0. The van der Waals surface area contributed by atoms with Crippen LogP contribution in [-0.4, -0.2) is 365 Å². The van der Waals surface area contributed by atoms with Crippen molar-refractivity contribution in [2.24, 2.45) is 47.3 Å². The second-order valence-corrected chi connectivity index (χ2v) is 31.8. The zero-order chi connectivity index (χ0) is 110. The molecule has 0 aromatic heterocycles. The maximum absolute atomic E-state index is 12.5. The number of aliphatic hydroxyl groups is 8. The number of unbranched alkanes of at least 4 members (excludes halogenated alkanes) is 1. The SMILES string of the molecule is CC.CC.CC.CC.CC.CC.CC.CC.CN[C@H](C(=O)C[C@@H](CCC(=O)NCCOCCOCCOCCOC)C(C)=O)C(C)C.CN[C@H](C(=O)C[C@@H](CCC(=O)NC[C@H](O)[C@@H](O)[C@H](O)[C@H](O)CO)C(C)=O)C(C)C.CN[C@H](C(=O)C[C@@H](CCC(=O)NC[C@H]1O[C@@H](OC)[C@H](O)[C@@H](O)[C@@H]1O)C(C)=O)C(C)C.CN[C@H](C(=O)C[C@@H](CCCCNC(=O)CCOCCOCCOCCOC)C(C)=O)C(C)C. The molecular weight excluding hydrogens is 1810 g/mol. The molecule has 17 atom stereocenters. The van der Waals surface area contributed by atoms with Gasteiger partial charge in [0, 0.05) is 123 Å². The summed E-state index contributed by atoms with van der Waals surface area (Å²) in [6, 6.07) is -1.22. The summed E-state index contributed by atoms with van der Waals surface area (Å²) >= 11 is 0. The molecular formula is C101H208N8O30. The Morgan fingerprint density at radius 1 is 0.324 bits per heavy atom. The summed E-state index contributed by atoms with van der Waals surface area (Å²) in [7, 11) is 11.4. The van der Waals surface area contributed by atoms with Gasteiger partial charge < -0.3 is 131 Å². The number of methoxy groups -OCH3 is 3. The molecule has 1 heterocycles. The van der Waals surface area contributed by atoms with Crippen LogP contribution >= 0.6 is 0 Å². The monoisotopic (exact) mass is 2010 g/mol. The third-order valence-electron chi connectivity index (χ3n) is 20.5. The summed E-state index contributed by atoms with van der Waals surface area (Å²) in [5.41, 5.74) is 0. The summed E-state index contributed by atoms with van der Waals surface area (Å²) in [6.07, 6.45) is -9.17. The van der Waals surface area contributed by atoms with E-state index >= 15 is 0 Å². The molecule has 4 amide bonds. The van der Waals surface area contributed by atoms with Crippen LogP contribution in [0.2, 0.25) is 0 Å². The lowest BCUT2D eigenvalue weighted by molar-refractivity contribution is -0.288. The van der Waals surface area contributed by atoms with E-state index in [0.29, 0.717) is 125 Å². The molecule has 1 aliphatic heterocycles. The zero-order valence-electron chi connectivity index (χ0n) is 93.0. The van der Waals surface area contributed by atoms with E-state index in [1.54, 1.807) is 49.3 Å². The van der Waals surface area contributed by atoms with Gasteiger partial charge in [0.05, 0.1) is 129 Å². The minimum atomic E-state index is -1.78. The number of amides is 4. The van der Waals surface area contributed by atoms with E-state index in [-0.39, 0.29) is 182 Å². The number of nitrogens with one attached hydrogen (secondary N) is 8. The third-order valence-corrected chi connectivity index (χ3v) is 20.5. The Morgan fingerprint density at radius 3 is 0.892 bits per heavy atom. The molecule has 0 saturated carbocycles. The van der Waals surface area contributed by atoms with Gasteiger partial charge >= 0.3 is 0 Å². The summed E-state index contributed by atoms with van der Waals surface area (Å²) < 4.78 is 52.1. The summed E-state index contributed by atoms with van der Waals surface area (Å²) in [5, 5.41) is 99.2. The van der Waals surface area contributed by atoms with E-state index < -0.39 is 91.9 Å². The number of likely N-dealkylation sites (N-methyl/N-ethyl adjacent to an activating group) is 4. The fourth-order valence-electron chi connectivity index (χ4n) is 12.9. The zero-order valence-corrected chi connectivity index (χ0v) is 93.0. The van der Waals surface area contributed by atoms with Crippen molar-refractivity contribution in [1.29, 1.82) is 0 Å². The molecule has 139 heavy (non-hydrogen) atoms. The molecule has 38 nitrogen and oxygen atoms in total. The second-order valence-electron chi connectivity index (χ2n) is 31.8. The molecule has 38 heteroatoms. The van der Waals surface area contributed by atoms with E-state index in [9.17, 15) is 93.3 Å². The second kappa shape index (κ2) is 110. The fourth-order valence-corrected chi connectivity index (χ4v) is 12.9. The Bertz CT molecular complexity index is 2890. The molecule has 1 fully saturated rings. The molecule has 1 rings (SSSR count). The van der Waals surface area contributed by atoms with Gasteiger partial charge in [0.25, 0.3) is 0 Å². The van der Waals surface area contributed by atoms with Crippen LogP contribution in [-0.2, 0) is 105 Å². The van der Waals surface area contributed by atoms with Crippen LogP contribution in [0, 0.1) is 47.3 Å². The van der Waals surface area contributed by atoms with Gasteiger partial charge in [-0.1, -0.05) is 173 Å². The van der Waals surface area contributed by atoms with Crippen LogP contribution in [0.5, 0.6) is 0 Å². The van der Waals surface area contributed by atoms with Crippen LogP contribution in [0.4, 0.5) is 0 Å². The average molecular weight is 2010 g/mol. The van der Waals surface area contributed by atoms with Crippen molar-refractivity contribution in [2.45, 2.75) is 363 Å². The van der Waals surface area contributed by atoms with Crippen molar-refractivity contribution in [1.82, 2.24) is 42.5 Å². The number of carbonyl (C=O) groups excluding carboxylic acids is 12. The van der Waals surface area contributed by atoms with Gasteiger partial charge in [-0.15, -0.1) is 0 Å². The smallest absolute Gasteiger partial charge is 0.222 e. The number of hydrogen-bond donors (Lipinski definition) is 16. The molecule has 1 saturated heterocycles. The predicted octanol–water partition coefficient (Wildman–Crippen LogP) is 7.44. The van der Waals surface area contributed by atoms with E-state index in [2.05, 4.69) is 42.5 Å². The van der Waals surface area contributed by atoms with Gasteiger partial charge in [0.1, 0.15) is 65.9 Å². The normalized spacial score (nSPS) is 16.4. The largest absolute Gasteiger partial charge is 0.394 e. The average Bonchev–Trinajstić information content (AvgIpc) is 0.815. The Hall–Kier alpha value is -5.64. The Balaban J connectivity index is -0.000000166. The molecule has 16 N–H and O–H groups in total. The highest BCUT2D eigenvalue weighted by Crippen LogP contribution is 2.24. The maximum atomic E-state index is 12.5. The van der Waals surface area contributed by atoms with E-state index in [4.69, 9.17) is 52.5 Å². The molecule has 1 aliphatic rings. The number of rotatable bonds is 71. The fraction of sp³-hybridized carbons (Fsp3) is 0.881. The molecule has 0 radical (unpaired) electrons. The summed E-state index contributed by atoms with van der Waals surface area (Å²) in [6.45, 7) is 59.7. The number of aliphatic hydroxyl groups excluding tert-OH is 8. The Labute approximate surface area is 839 Å². The number of ether oxygens (including phenoxy) is 10. The Kier molecular flexibility index (Phi) is 123. The highest BCUT2D eigenvalue weighted by Gasteiger charge is 2.44. The first-order chi connectivity index (χ1) is 66.1. The van der Waals surface area contributed by atoms with Crippen molar-refractivity contribution in [3.63, 3.8) is 0 Å². The van der Waals surface area contributed by atoms with Crippen molar-refractivity contribution < 1.29 is 146 Å². The predicted molar refractivity (Wildman–Crippen MR) is 548 cm³/mol. The van der Waals surface area contributed by atoms with Gasteiger partial charge in [-0.05, 0) is 112 Å². The first kappa shape index (κ1) is 156. The number of ketones is 8. The van der Waals surface area contributed by atoms with Gasteiger partial charge in [-0.3, -0.25) is 57.5 Å². The minimum absolute atomic E-state index is 0.00951. The lowest BCUT2D eigenvalue weighted by atomic mass is 9.88. The first-order valence-electron chi connectivity index (χ1n) is 51.0. The quantitative estimate of drug-likeness (QED) is 0.0263. The van der Waals surface area contributed by atoms with E-state index in [1.165, 1.54) is 27.9 Å². The van der Waals surface area contributed by atoms with Crippen LogP contribution in [0.15, 0.2) is 0 Å². The van der Waals surface area contributed by atoms with E-state index in [1.807, 2.05) is 166 Å². The van der Waals surface area contributed by atoms with Gasteiger partial charge in [0.15, 0.2) is 29.4 Å². The molecule has 0 unspecified atom stereocenters. The van der Waals surface area contributed by atoms with Crippen molar-refractivity contribution >= 4 is 69.9 Å². The number of hydrogen-bond acceptors (Lipinski definition) is 34. The third kappa shape index (κ3) is 85.3. The van der Waals surface area contributed by atoms with E-state index in [0.717, 1.165) is 12.8 Å². The highest BCUT2D eigenvalue weighted by molar-refractivity contribution is 5.92. The molecule has 0 aromatic carbocycles. The van der Waals surface area contributed by atoms with Gasteiger partial charge in [-0.25, -0.2) is 0 Å².